The summed E-state index contributed by atoms with van der Waals surface area (Å²) in [6.45, 7) is 12.4. The summed E-state index contributed by atoms with van der Waals surface area (Å²) in [5.41, 5.74) is -0.390. The topological polar surface area (TPSA) is 53.2 Å². The Morgan fingerprint density at radius 2 is 2.00 bits per heavy atom. The molecule has 110 valence electrons. The number of aliphatic hydroxyl groups is 1. The number of rotatable bonds is 2. The van der Waals surface area contributed by atoms with E-state index in [-0.39, 0.29) is 11.0 Å². The van der Waals surface area contributed by atoms with Crippen LogP contribution < -0.4 is 0 Å². The fourth-order valence-corrected chi connectivity index (χ4v) is 3.19. The maximum Gasteiger partial charge on any atom is 0.250 e. The number of terminal acetylenes is 1. The van der Waals surface area contributed by atoms with Crippen molar-refractivity contribution in [2.75, 3.05) is 0 Å². The highest BCUT2D eigenvalue weighted by atomic mass is 28.4. The first-order chi connectivity index (χ1) is 8.93. The average Bonchev–Trinajstić information content (AvgIpc) is 2.24. The Kier molecular flexibility index (Phi) is 4.44. The second-order valence-electron chi connectivity index (χ2n) is 7.41. The van der Waals surface area contributed by atoms with E-state index in [1.165, 1.54) is 0 Å². The van der Waals surface area contributed by atoms with Gasteiger partial charge in [-0.05, 0) is 31.5 Å². The van der Waals surface area contributed by atoms with Gasteiger partial charge in [-0.25, -0.2) is 0 Å². The van der Waals surface area contributed by atoms with Crippen LogP contribution in [0.15, 0.2) is 11.3 Å². The van der Waals surface area contributed by atoms with Crippen molar-refractivity contribution in [3.63, 3.8) is 0 Å². The van der Waals surface area contributed by atoms with Crippen molar-refractivity contribution in [3.05, 3.63) is 11.3 Å². The standard InChI is InChI=1S/C16H25NO2Si/c1-8-12-9-16(5,18)10-14(13(12)11-17)19-20(6,7)15(2,3)4/h1,12,18H,9-10H2,2-7H3/t12-,16+/m1/s1. The van der Waals surface area contributed by atoms with Crippen LogP contribution in [0.2, 0.25) is 18.1 Å². The van der Waals surface area contributed by atoms with E-state index in [1.807, 2.05) is 0 Å². The smallest absolute Gasteiger partial charge is 0.250 e. The minimum Gasteiger partial charge on any atom is -0.546 e. The van der Waals surface area contributed by atoms with E-state index >= 15 is 0 Å². The van der Waals surface area contributed by atoms with Crippen molar-refractivity contribution in [3.8, 4) is 18.4 Å². The maximum absolute atomic E-state index is 10.4. The Hall–Kier alpha value is -1.23. The van der Waals surface area contributed by atoms with Gasteiger partial charge in [0.25, 0.3) is 0 Å². The van der Waals surface area contributed by atoms with Crippen LogP contribution in [0, 0.1) is 29.6 Å². The summed E-state index contributed by atoms with van der Waals surface area (Å²) in [5.74, 6) is 2.85. The van der Waals surface area contributed by atoms with E-state index in [0.717, 1.165) is 0 Å². The Bertz CT molecular complexity index is 498. The molecule has 3 nitrogen and oxygen atoms in total. The monoisotopic (exact) mass is 291 g/mol. The van der Waals surface area contributed by atoms with Gasteiger partial charge in [0.05, 0.1) is 28.9 Å². The summed E-state index contributed by atoms with van der Waals surface area (Å²) < 4.78 is 6.25. The van der Waals surface area contributed by atoms with Gasteiger partial charge in [0.2, 0.25) is 8.32 Å². The molecule has 0 aromatic carbocycles. The number of hydrogen-bond donors (Lipinski definition) is 1. The molecule has 1 aliphatic rings. The minimum absolute atomic E-state index is 0.0372. The lowest BCUT2D eigenvalue weighted by molar-refractivity contribution is 0.0268. The van der Waals surface area contributed by atoms with E-state index in [9.17, 15) is 10.4 Å². The second kappa shape index (κ2) is 5.28. The molecule has 20 heavy (non-hydrogen) atoms. The van der Waals surface area contributed by atoms with Gasteiger partial charge in [-0.1, -0.05) is 26.7 Å². The molecule has 2 atom stereocenters. The molecule has 1 aliphatic carbocycles. The third-order valence-electron chi connectivity index (χ3n) is 4.34. The molecule has 4 heteroatoms. The van der Waals surface area contributed by atoms with Crippen LogP contribution in [0.4, 0.5) is 0 Å². The van der Waals surface area contributed by atoms with Gasteiger partial charge in [-0.2, -0.15) is 5.26 Å². The molecule has 0 saturated carbocycles. The fourth-order valence-electron chi connectivity index (χ4n) is 2.08. The third-order valence-corrected chi connectivity index (χ3v) is 8.71. The number of nitrogens with zero attached hydrogens (tertiary/aromatic N) is 1. The molecule has 1 N–H and O–H groups in total. The van der Waals surface area contributed by atoms with Gasteiger partial charge < -0.3 is 9.53 Å². The van der Waals surface area contributed by atoms with Gasteiger partial charge >= 0.3 is 0 Å². The molecule has 0 aromatic rings. The first-order valence-electron chi connectivity index (χ1n) is 6.94. The summed E-state index contributed by atoms with van der Waals surface area (Å²) in [5, 5.41) is 19.8. The predicted octanol–water partition coefficient (Wildman–Crippen LogP) is 3.58. The van der Waals surface area contributed by atoms with Crippen LogP contribution in [-0.4, -0.2) is 19.0 Å². The highest BCUT2D eigenvalue weighted by molar-refractivity contribution is 6.74. The Morgan fingerprint density at radius 3 is 2.40 bits per heavy atom. The van der Waals surface area contributed by atoms with Crippen LogP contribution in [0.25, 0.3) is 0 Å². The molecule has 0 saturated heterocycles. The molecule has 0 fully saturated rings. The molecule has 0 unspecified atom stereocenters. The molecular weight excluding hydrogens is 266 g/mol. The summed E-state index contributed by atoms with van der Waals surface area (Å²) in [7, 11) is -2.04. The number of nitriles is 1. The molecule has 0 aromatic heterocycles. The van der Waals surface area contributed by atoms with E-state index in [0.29, 0.717) is 24.2 Å². The van der Waals surface area contributed by atoms with E-state index < -0.39 is 13.9 Å². The molecule has 0 bridgehead atoms. The second-order valence-corrected chi connectivity index (χ2v) is 12.1. The summed E-state index contributed by atoms with van der Waals surface area (Å²) in [6, 6.07) is 2.19. The van der Waals surface area contributed by atoms with Crippen molar-refractivity contribution in [1.29, 1.82) is 5.26 Å². The van der Waals surface area contributed by atoms with Gasteiger partial charge in [-0.3, -0.25) is 0 Å². The summed E-state index contributed by atoms with van der Waals surface area (Å²) in [4.78, 5) is 0. The molecular formula is C16H25NO2Si. The Labute approximate surface area is 123 Å². The lowest BCUT2D eigenvalue weighted by atomic mass is 9.79. The normalized spacial score (nSPS) is 27.8. The van der Waals surface area contributed by atoms with Crippen molar-refractivity contribution in [1.82, 2.24) is 0 Å². The molecule has 0 radical (unpaired) electrons. The van der Waals surface area contributed by atoms with Gasteiger partial charge in [0.15, 0.2) is 0 Å². The lowest BCUT2D eigenvalue weighted by Crippen LogP contribution is -2.43. The van der Waals surface area contributed by atoms with E-state index in [4.69, 9.17) is 10.8 Å². The van der Waals surface area contributed by atoms with Crippen molar-refractivity contribution in [2.24, 2.45) is 5.92 Å². The fraction of sp³-hybridized carbons (Fsp3) is 0.688. The summed E-state index contributed by atoms with van der Waals surface area (Å²) >= 11 is 0. The van der Waals surface area contributed by atoms with Gasteiger partial charge in [-0.15, -0.1) is 6.42 Å². The highest BCUT2D eigenvalue weighted by Crippen LogP contribution is 2.43. The highest BCUT2D eigenvalue weighted by Gasteiger charge is 2.43. The first kappa shape index (κ1) is 16.8. The van der Waals surface area contributed by atoms with E-state index in [2.05, 4.69) is 45.9 Å². The Morgan fingerprint density at radius 1 is 1.45 bits per heavy atom. The number of hydrogen-bond acceptors (Lipinski definition) is 3. The zero-order chi connectivity index (χ0) is 15.8. The Balaban J connectivity index is 3.22. The summed E-state index contributed by atoms with van der Waals surface area (Å²) in [6.07, 6.45) is 6.29. The average molecular weight is 291 g/mol. The number of allylic oxidation sites excluding steroid dienone is 1. The van der Waals surface area contributed by atoms with Crippen LogP contribution >= 0.6 is 0 Å². The quantitative estimate of drug-likeness (QED) is 0.625. The maximum atomic E-state index is 10.4. The molecule has 0 spiro atoms. The SMILES string of the molecule is C#C[C@@H]1C[C@](C)(O)CC(O[Si](C)(C)C(C)(C)C)=C1C#N. The predicted molar refractivity (Wildman–Crippen MR) is 83.1 cm³/mol. The first-order valence-corrected chi connectivity index (χ1v) is 9.85. The van der Waals surface area contributed by atoms with Crippen LogP contribution in [-0.2, 0) is 4.43 Å². The van der Waals surface area contributed by atoms with E-state index in [1.54, 1.807) is 6.92 Å². The third kappa shape index (κ3) is 3.45. The molecule has 0 heterocycles. The van der Waals surface area contributed by atoms with Crippen molar-refractivity contribution < 1.29 is 9.53 Å². The van der Waals surface area contributed by atoms with Crippen LogP contribution in [0.5, 0.6) is 0 Å². The lowest BCUT2D eigenvalue weighted by Gasteiger charge is -2.41. The van der Waals surface area contributed by atoms with Gasteiger partial charge in [0, 0.05) is 6.42 Å². The van der Waals surface area contributed by atoms with Crippen molar-refractivity contribution in [2.45, 2.75) is 64.3 Å². The molecule has 0 amide bonds. The van der Waals surface area contributed by atoms with Crippen molar-refractivity contribution >= 4 is 8.32 Å². The minimum atomic E-state index is -2.04. The van der Waals surface area contributed by atoms with Gasteiger partial charge in [0.1, 0.15) is 0 Å². The zero-order valence-electron chi connectivity index (χ0n) is 13.4. The zero-order valence-corrected chi connectivity index (χ0v) is 14.4. The molecule has 1 rings (SSSR count). The van der Waals surface area contributed by atoms with Crippen LogP contribution in [0.3, 0.4) is 0 Å². The largest absolute Gasteiger partial charge is 0.546 e. The van der Waals surface area contributed by atoms with Crippen LogP contribution in [0.1, 0.15) is 40.5 Å². The molecule has 0 aliphatic heterocycles.